The van der Waals surface area contributed by atoms with Crippen LogP contribution >= 0.6 is 11.3 Å². The standard InChI is InChI=1S/C7H10F3N3S/c1-2-3-4-11-6-13-12-5(14-6)7(8,9)10/h2-4H2,1H3,(H,11,13). The maximum atomic E-state index is 12.1. The van der Waals surface area contributed by atoms with Crippen molar-refractivity contribution in [3.05, 3.63) is 5.01 Å². The first-order chi connectivity index (χ1) is 6.54. The summed E-state index contributed by atoms with van der Waals surface area (Å²) in [6.45, 7) is 2.63. The molecule has 0 aliphatic heterocycles. The van der Waals surface area contributed by atoms with Gasteiger partial charge >= 0.3 is 6.18 Å². The van der Waals surface area contributed by atoms with E-state index in [1.807, 2.05) is 6.92 Å². The second kappa shape index (κ2) is 4.59. The highest BCUT2D eigenvalue weighted by Gasteiger charge is 2.35. The molecule has 1 aromatic heterocycles. The van der Waals surface area contributed by atoms with Crippen LogP contribution in [0.3, 0.4) is 0 Å². The monoisotopic (exact) mass is 225 g/mol. The summed E-state index contributed by atoms with van der Waals surface area (Å²) in [4.78, 5) is 0. The Morgan fingerprint density at radius 2 is 2.07 bits per heavy atom. The number of nitrogens with zero attached hydrogens (tertiary/aromatic N) is 2. The average molecular weight is 225 g/mol. The van der Waals surface area contributed by atoms with Gasteiger partial charge in [-0.15, -0.1) is 10.2 Å². The number of hydrogen-bond acceptors (Lipinski definition) is 4. The predicted octanol–water partition coefficient (Wildman–Crippen LogP) is 2.77. The molecule has 1 aromatic rings. The van der Waals surface area contributed by atoms with E-state index in [4.69, 9.17) is 0 Å². The Balaban J connectivity index is 2.51. The minimum Gasteiger partial charge on any atom is -0.360 e. The fraction of sp³-hybridized carbons (Fsp3) is 0.714. The predicted molar refractivity (Wildman–Crippen MR) is 48.3 cm³/mol. The number of alkyl halides is 3. The van der Waals surface area contributed by atoms with Crippen LogP contribution in [0.4, 0.5) is 18.3 Å². The maximum Gasteiger partial charge on any atom is 0.445 e. The van der Waals surface area contributed by atoms with Gasteiger partial charge in [-0.2, -0.15) is 13.2 Å². The molecule has 0 radical (unpaired) electrons. The normalized spacial score (nSPS) is 11.7. The first-order valence-corrected chi connectivity index (χ1v) is 5.00. The summed E-state index contributed by atoms with van der Waals surface area (Å²) < 4.78 is 36.2. The van der Waals surface area contributed by atoms with Crippen LogP contribution in [0.2, 0.25) is 0 Å². The van der Waals surface area contributed by atoms with Gasteiger partial charge in [-0.3, -0.25) is 0 Å². The van der Waals surface area contributed by atoms with Crippen molar-refractivity contribution in [1.29, 1.82) is 0 Å². The molecule has 1 N–H and O–H groups in total. The van der Waals surface area contributed by atoms with Gasteiger partial charge in [0.15, 0.2) is 0 Å². The van der Waals surface area contributed by atoms with E-state index in [1.54, 1.807) is 0 Å². The van der Waals surface area contributed by atoms with Gasteiger partial charge in [0.1, 0.15) is 0 Å². The Kier molecular flexibility index (Phi) is 3.68. The molecule has 14 heavy (non-hydrogen) atoms. The van der Waals surface area contributed by atoms with Crippen LogP contribution in [-0.4, -0.2) is 16.7 Å². The second-order valence-corrected chi connectivity index (χ2v) is 3.67. The minimum atomic E-state index is -4.39. The molecule has 0 aliphatic rings. The molecule has 7 heteroatoms. The van der Waals surface area contributed by atoms with Crippen molar-refractivity contribution < 1.29 is 13.2 Å². The lowest BCUT2D eigenvalue weighted by molar-refractivity contribution is -0.138. The summed E-state index contributed by atoms with van der Waals surface area (Å²) in [7, 11) is 0. The Morgan fingerprint density at radius 3 is 2.57 bits per heavy atom. The zero-order chi connectivity index (χ0) is 10.6. The second-order valence-electron chi connectivity index (χ2n) is 2.69. The Labute approximate surface area is 83.4 Å². The number of unbranched alkanes of at least 4 members (excludes halogenated alkanes) is 1. The molecule has 0 unspecified atom stereocenters. The highest BCUT2D eigenvalue weighted by Crippen LogP contribution is 2.32. The topological polar surface area (TPSA) is 37.8 Å². The third kappa shape index (κ3) is 3.13. The van der Waals surface area contributed by atoms with Crippen LogP contribution in [0.5, 0.6) is 0 Å². The molecule has 80 valence electrons. The Morgan fingerprint density at radius 1 is 1.36 bits per heavy atom. The third-order valence-electron chi connectivity index (χ3n) is 1.47. The van der Waals surface area contributed by atoms with Gasteiger partial charge in [0.05, 0.1) is 0 Å². The molecule has 0 aromatic carbocycles. The number of halogens is 3. The molecule has 0 saturated heterocycles. The van der Waals surface area contributed by atoms with Crippen LogP contribution in [0.15, 0.2) is 0 Å². The number of hydrogen-bond donors (Lipinski definition) is 1. The van der Waals surface area contributed by atoms with E-state index in [2.05, 4.69) is 15.5 Å². The zero-order valence-corrected chi connectivity index (χ0v) is 8.37. The van der Waals surface area contributed by atoms with E-state index in [1.165, 1.54) is 0 Å². The van der Waals surface area contributed by atoms with Gasteiger partial charge in [-0.05, 0) is 6.42 Å². The molecular weight excluding hydrogens is 215 g/mol. The fourth-order valence-corrected chi connectivity index (χ4v) is 1.42. The van der Waals surface area contributed by atoms with Crippen molar-refractivity contribution in [2.45, 2.75) is 25.9 Å². The van der Waals surface area contributed by atoms with Gasteiger partial charge in [0, 0.05) is 6.54 Å². The molecule has 1 heterocycles. The van der Waals surface area contributed by atoms with Crippen LogP contribution in [0.1, 0.15) is 24.8 Å². The van der Waals surface area contributed by atoms with E-state index in [0.717, 1.165) is 12.8 Å². The van der Waals surface area contributed by atoms with Crippen LogP contribution in [0.25, 0.3) is 0 Å². The number of anilines is 1. The van der Waals surface area contributed by atoms with E-state index < -0.39 is 11.2 Å². The van der Waals surface area contributed by atoms with E-state index in [-0.39, 0.29) is 5.13 Å². The van der Waals surface area contributed by atoms with Crippen molar-refractivity contribution in [2.75, 3.05) is 11.9 Å². The molecule has 3 nitrogen and oxygen atoms in total. The van der Waals surface area contributed by atoms with Gasteiger partial charge in [0.25, 0.3) is 0 Å². The number of nitrogens with one attached hydrogen (secondary N) is 1. The van der Waals surface area contributed by atoms with Crippen molar-refractivity contribution in [3.63, 3.8) is 0 Å². The largest absolute Gasteiger partial charge is 0.445 e. The van der Waals surface area contributed by atoms with Crippen molar-refractivity contribution in [3.8, 4) is 0 Å². The Hall–Kier alpha value is -0.850. The fourth-order valence-electron chi connectivity index (χ4n) is 0.781. The molecule has 1 rings (SSSR count). The number of aromatic nitrogens is 2. The zero-order valence-electron chi connectivity index (χ0n) is 7.56. The lowest BCUT2D eigenvalue weighted by Gasteiger charge is -1.99. The minimum absolute atomic E-state index is 0.228. The first kappa shape index (κ1) is 11.2. The first-order valence-electron chi connectivity index (χ1n) is 4.18. The van der Waals surface area contributed by atoms with E-state index >= 15 is 0 Å². The summed E-state index contributed by atoms with van der Waals surface area (Å²) in [5.41, 5.74) is 0. The quantitative estimate of drug-likeness (QED) is 0.800. The van der Waals surface area contributed by atoms with Crippen molar-refractivity contribution in [1.82, 2.24) is 10.2 Å². The highest BCUT2D eigenvalue weighted by molar-refractivity contribution is 7.15. The molecule has 0 aliphatic carbocycles. The molecule has 0 atom stereocenters. The molecule has 0 spiro atoms. The van der Waals surface area contributed by atoms with E-state index in [9.17, 15) is 13.2 Å². The van der Waals surface area contributed by atoms with Gasteiger partial charge in [0.2, 0.25) is 10.1 Å². The SMILES string of the molecule is CCCCNc1nnc(C(F)(F)F)s1. The third-order valence-corrected chi connectivity index (χ3v) is 2.40. The van der Waals surface area contributed by atoms with Crippen LogP contribution in [0, 0.1) is 0 Å². The maximum absolute atomic E-state index is 12.1. The lowest BCUT2D eigenvalue weighted by Crippen LogP contribution is -2.03. The number of rotatable bonds is 4. The van der Waals surface area contributed by atoms with Crippen LogP contribution < -0.4 is 5.32 Å². The van der Waals surface area contributed by atoms with Crippen molar-refractivity contribution in [2.24, 2.45) is 0 Å². The molecule has 0 bridgehead atoms. The van der Waals surface area contributed by atoms with E-state index in [0.29, 0.717) is 17.9 Å². The van der Waals surface area contributed by atoms with Gasteiger partial charge in [-0.1, -0.05) is 24.7 Å². The smallest absolute Gasteiger partial charge is 0.360 e. The lowest BCUT2D eigenvalue weighted by atomic mass is 10.3. The molecule has 0 saturated carbocycles. The van der Waals surface area contributed by atoms with Gasteiger partial charge in [-0.25, -0.2) is 0 Å². The molecular formula is C7H10F3N3S. The summed E-state index contributed by atoms with van der Waals surface area (Å²) in [6, 6.07) is 0. The van der Waals surface area contributed by atoms with Crippen molar-refractivity contribution >= 4 is 16.5 Å². The Bertz CT molecular complexity index is 284. The average Bonchev–Trinajstić information content (AvgIpc) is 2.52. The summed E-state index contributed by atoms with van der Waals surface area (Å²) >= 11 is 0.532. The molecule has 0 amide bonds. The van der Waals surface area contributed by atoms with Crippen LogP contribution in [-0.2, 0) is 6.18 Å². The summed E-state index contributed by atoms with van der Waals surface area (Å²) in [5, 5.41) is 8.54. The summed E-state index contributed by atoms with van der Waals surface area (Å²) in [5.74, 6) is 0. The van der Waals surface area contributed by atoms with Gasteiger partial charge < -0.3 is 5.32 Å². The molecule has 0 fully saturated rings. The summed E-state index contributed by atoms with van der Waals surface area (Å²) in [6.07, 6.45) is -2.50. The highest BCUT2D eigenvalue weighted by atomic mass is 32.1.